The van der Waals surface area contributed by atoms with Crippen molar-refractivity contribution in [2.45, 2.75) is 19.4 Å². The highest BCUT2D eigenvalue weighted by Crippen LogP contribution is 2.16. The van der Waals surface area contributed by atoms with Gasteiger partial charge in [0.1, 0.15) is 5.82 Å². The minimum absolute atomic E-state index is 0.164. The van der Waals surface area contributed by atoms with Crippen LogP contribution in [0, 0.1) is 5.82 Å². The summed E-state index contributed by atoms with van der Waals surface area (Å²) in [4.78, 5) is 0. The van der Waals surface area contributed by atoms with Gasteiger partial charge in [0.2, 0.25) is 0 Å². The van der Waals surface area contributed by atoms with Crippen LogP contribution >= 0.6 is 12.2 Å². The third-order valence-electron chi connectivity index (χ3n) is 3.02. The van der Waals surface area contributed by atoms with Crippen LogP contribution in [0.15, 0.2) is 54.6 Å². The quantitative estimate of drug-likeness (QED) is 0.822. The normalized spacial score (nSPS) is 11.7. The lowest BCUT2D eigenvalue weighted by atomic mass is 10.1. The van der Waals surface area contributed by atoms with Gasteiger partial charge in [-0.25, -0.2) is 4.39 Å². The van der Waals surface area contributed by atoms with Gasteiger partial charge in [0.25, 0.3) is 0 Å². The second kappa shape index (κ2) is 7.01. The Balaban J connectivity index is 1.97. The van der Waals surface area contributed by atoms with Crippen LogP contribution in [0.1, 0.15) is 24.9 Å². The van der Waals surface area contributed by atoms with Gasteiger partial charge >= 0.3 is 0 Å². The second-order valence-electron chi connectivity index (χ2n) is 4.48. The molecule has 2 nitrogen and oxygen atoms in total. The molecule has 0 aliphatic heterocycles. The van der Waals surface area contributed by atoms with Gasteiger partial charge in [-0.05, 0) is 48.5 Å². The van der Waals surface area contributed by atoms with Crippen molar-refractivity contribution in [2.24, 2.45) is 0 Å². The molecule has 0 fully saturated rings. The average molecular weight is 288 g/mol. The van der Waals surface area contributed by atoms with Crippen molar-refractivity contribution < 1.29 is 4.39 Å². The average Bonchev–Trinajstić information content (AvgIpc) is 2.48. The standard InChI is InChI=1S/C16H17FN2S/c1-2-15(12-6-4-3-5-7-12)19-16(20)18-14-10-8-13(17)9-11-14/h3-11,15H,2H2,1H3,(H2,18,19,20)/t15-/m1/s1. The summed E-state index contributed by atoms with van der Waals surface area (Å²) in [5.74, 6) is -0.259. The number of hydrogen-bond acceptors (Lipinski definition) is 1. The van der Waals surface area contributed by atoms with Crippen LogP contribution in [0.2, 0.25) is 0 Å². The summed E-state index contributed by atoms with van der Waals surface area (Å²) in [6.45, 7) is 2.10. The molecular weight excluding hydrogens is 271 g/mol. The molecule has 0 aliphatic carbocycles. The van der Waals surface area contributed by atoms with E-state index in [1.165, 1.54) is 17.7 Å². The van der Waals surface area contributed by atoms with E-state index in [2.05, 4.69) is 29.7 Å². The topological polar surface area (TPSA) is 24.1 Å². The molecule has 4 heteroatoms. The maximum Gasteiger partial charge on any atom is 0.171 e. The number of halogens is 1. The molecule has 0 spiro atoms. The summed E-state index contributed by atoms with van der Waals surface area (Å²) in [6.07, 6.45) is 0.926. The first-order valence-electron chi connectivity index (χ1n) is 6.57. The summed E-state index contributed by atoms with van der Waals surface area (Å²) in [5.41, 5.74) is 1.96. The monoisotopic (exact) mass is 288 g/mol. The molecule has 0 bridgehead atoms. The highest BCUT2D eigenvalue weighted by atomic mass is 32.1. The summed E-state index contributed by atoms with van der Waals surface area (Å²) in [7, 11) is 0. The third kappa shape index (κ3) is 4.03. The molecule has 0 unspecified atom stereocenters. The first kappa shape index (κ1) is 14.5. The second-order valence-corrected chi connectivity index (χ2v) is 4.89. The van der Waals surface area contributed by atoms with E-state index in [0.717, 1.165) is 12.1 Å². The SMILES string of the molecule is CC[C@@H](NC(=S)Nc1ccc(F)cc1)c1ccccc1. The molecule has 20 heavy (non-hydrogen) atoms. The van der Waals surface area contributed by atoms with E-state index >= 15 is 0 Å². The molecule has 104 valence electrons. The molecule has 0 saturated carbocycles. The van der Waals surface area contributed by atoms with E-state index in [9.17, 15) is 4.39 Å². The maximum absolute atomic E-state index is 12.8. The van der Waals surface area contributed by atoms with Crippen LogP contribution < -0.4 is 10.6 Å². The smallest absolute Gasteiger partial charge is 0.171 e. The Labute approximate surface area is 124 Å². The van der Waals surface area contributed by atoms with Crippen molar-refractivity contribution in [2.75, 3.05) is 5.32 Å². The number of nitrogens with one attached hydrogen (secondary N) is 2. The zero-order valence-electron chi connectivity index (χ0n) is 11.3. The van der Waals surface area contributed by atoms with Crippen molar-refractivity contribution in [3.63, 3.8) is 0 Å². The molecule has 0 aromatic heterocycles. The Hall–Kier alpha value is -1.94. The van der Waals surface area contributed by atoms with Gasteiger partial charge in [-0.15, -0.1) is 0 Å². The van der Waals surface area contributed by atoms with Crippen LogP contribution in [0.5, 0.6) is 0 Å². The van der Waals surface area contributed by atoms with Crippen molar-refractivity contribution >= 4 is 23.0 Å². The number of anilines is 1. The lowest BCUT2D eigenvalue weighted by molar-refractivity contribution is 0.627. The zero-order chi connectivity index (χ0) is 14.4. The summed E-state index contributed by atoms with van der Waals surface area (Å²) >= 11 is 5.30. The summed E-state index contributed by atoms with van der Waals surface area (Å²) in [5, 5.41) is 6.86. The predicted molar refractivity (Wildman–Crippen MR) is 85.2 cm³/mol. The zero-order valence-corrected chi connectivity index (χ0v) is 12.1. The predicted octanol–water partition coefficient (Wildman–Crippen LogP) is 4.26. The molecule has 0 radical (unpaired) electrons. The molecular formula is C16H17FN2S. The Morgan fingerprint density at radius 1 is 1.10 bits per heavy atom. The van der Waals surface area contributed by atoms with E-state index in [4.69, 9.17) is 12.2 Å². The fourth-order valence-electron chi connectivity index (χ4n) is 1.97. The highest BCUT2D eigenvalue weighted by Gasteiger charge is 2.09. The largest absolute Gasteiger partial charge is 0.356 e. The van der Waals surface area contributed by atoms with Gasteiger partial charge < -0.3 is 10.6 Å². The molecule has 0 aliphatic rings. The molecule has 2 aromatic rings. The van der Waals surface area contributed by atoms with Gasteiger partial charge in [0.15, 0.2) is 5.11 Å². The maximum atomic E-state index is 12.8. The van der Waals surface area contributed by atoms with Crippen LogP contribution in [-0.2, 0) is 0 Å². The lowest BCUT2D eigenvalue weighted by Gasteiger charge is -2.20. The molecule has 2 aromatic carbocycles. The third-order valence-corrected chi connectivity index (χ3v) is 3.24. The number of hydrogen-bond donors (Lipinski definition) is 2. The number of thiocarbonyl (C=S) groups is 1. The van der Waals surface area contributed by atoms with E-state index in [1.807, 2.05) is 18.2 Å². The molecule has 2 rings (SSSR count). The van der Waals surface area contributed by atoms with E-state index < -0.39 is 0 Å². The molecule has 2 N–H and O–H groups in total. The van der Waals surface area contributed by atoms with E-state index in [0.29, 0.717) is 5.11 Å². The Bertz CT molecular complexity index is 554. The van der Waals surface area contributed by atoms with Crippen LogP contribution in [0.3, 0.4) is 0 Å². The van der Waals surface area contributed by atoms with E-state index in [-0.39, 0.29) is 11.9 Å². The van der Waals surface area contributed by atoms with Crippen molar-refractivity contribution in [1.29, 1.82) is 0 Å². The van der Waals surface area contributed by atoms with Crippen molar-refractivity contribution in [1.82, 2.24) is 5.32 Å². The van der Waals surface area contributed by atoms with Crippen molar-refractivity contribution in [3.8, 4) is 0 Å². The highest BCUT2D eigenvalue weighted by molar-refractivity contribution is 7.80. The van der Waals surface area contributed by atoms with Gasteiger partial charge in [0, 0.05) is 5.69 Å². The minimum atomic E-state index is -0.259. The van der Waals surface area contributed by atoms with Gasteiger partial charge in [-0.1, -0.05) is 37.3 Å². The lowest BCUT2D eigenvalue weighted by Crippen LogP contribution is -2.32. The van der Waals surface area contributed by atoms with Gasteiger partial charge in [-0.3, -0.25) is 0 Å². The van der Waals surface area contributed by atoms with Crippen molar-refractivity contribution in [3.05, 3.63) is 66.0 Å². The number of rotatable bonds is 4. The fourth-order valence-corrected chi connectivity index (χ4v) is 2.23. The minimum Gasteiger partial charge on any atom is -0.356 e. The Morgan fingerprint density at radius 3 is 2.35 bits per heavy atom. The molecule has 0 saturated heterocycles. The fraction of sp³-hybridized carbons (Fsp3) is 0.188. The first-order valence-corrected chi connectivity index (χ1v) is 6.98. The van der Waals surface area contributed by atoms with E-state index in [1.54, 1.807) is 12.1 Å². The van der Waals surface area contributed by atoms with Gasteiger partial charge in [0.05, 0.1) is 6.04 Å². The van der Waals surface area contributed by atoms with Crippen LogP contribution in [-0.4, -0.2) is 5.11 Å². The Kier molecular flexibility index (Phi) is 5.07. The molecule has 0 heterocycles. The molecule has 1 atom stereocenters. The Morgan fingerprint density at radius 2 is 1.75 bits per heavy atom. The summed E-state index contributed by atoms with van der Waals surface area (Å²) in [6, 6.07) is 16.4. The van der Waals surface area contributed by atoms with Gasteiger partial charge in [-0.2, -0.15) is 0 Å². The van der Waals surface area contributed by atoms with Crippen LogP contribution in [0.25, 0.3) is 0 Å². The molecule has 0 amide bonds. The summed E-state index contributed by atoms with van der Waals surface area (Å²) < 4.78 is 12.8. The first-order chi connectivity index (χ1) is 9.69. The van der Waals surface area contributed by atoms with Crippen LogP contribution in [0.4, 0.5) is 10.1 Å². The number of benzene rings is 2.